The maximum Gasteiger partial charge on any atom is 0.154 e. The summed E-state index contributed by atoms with van der Waals surface area (Å²) in [4.78, 5) is 36.9. The quantitative estimate of drug-likeness (QED) is 0.123. The Morgan fingerprint density at radius 2 is 0.640 bits per heavy atom. The van der Waals surface area contributed by atoms with Gasteiger partial charge in [-0.1, -0.05) is 222 Å². The van der Waals surface area contributed by atoms with E-state index in [9.17, 15) is 0 Å². The monoisotopic (exact) mass is 1430 g/mol. The number of para-hydroxylation sites is 4. The summed E-state index contributed by atoms with van der Waals surface area (Å²) in [7, 11) is 0. The second-order valence-corrected chi connectivity index (χ2v) is 22.9. The second kappa shape index (κ2) is 30.9. The fraction of sp³-hybridized carbons (Fsp3) is 0.125. The summed E-state index contributed by atoms with van der Waals surface area (Å²) in [5, 5.41) is 14.5. The van der Waals surface area contributed by atoms with Crippen LogP contribution < -0.4 is 11.5 Å². The number of benzene rings is 8. The number of halogens is 10. The van der Waals surface area contributed by atoms with Gasteiger partial charge in [0, 0.05) is 59.0 Å². The molecular weight excluding hydrogens is 1380 g/mol. The maximum absolute atomic E-state index is 8.51. The Morgan fingerprint density at radius 3 is 0.965 bits per heavy atom. The van der Waals surface area contributed by atoms with Gasteiger partial charge in [-0.25, -0.2) is 39.9 Å². The van der Waals surface area contributed by atoms with Crippen molar-refractivity contribution in [1.82, 2.24) is 39.9 Å². The predicted octanol–water partition coefficient (Wildman–Crippen LogP) is 19.2. The number of hydrogen-bond donors (Lipinski definition) is 3. The molecule has 1 fully saturated rings. The van der Waals surface area contributed by atoms with Crippen LogP contribution in [0.4, 0.5) is 0 Å². The summed E-state index contributed by atoms with van der Waals surface area (Å²) < 4.78 is 4.71. The van der Waals surface area contributed by atoms with Gasteiger partial charge in [-0.15, -0.1) is 0 Å². The second-order valence-electron chi connectivity index (χ2n) is 18.6. The Balaban J connectivity index is 0.000000132. The first-order valence-electron chi connectivity index (χ1n) is 26.3. The molecule has 22 heteroatoms. The minimum Gasteiger partial charge on any atom is -0.368 e. The van der Waals surface area contributed by atoms with Crippen LogP contribution in [-0.2, 0) is 28.5 Å². The number of nitrogens with two attached hydrogens (primary N) is 2. The first-order valence-corrected chi connectivity index (χ1v) is 31.6. The summed E-state index contributed by atoms with van der Waals surface area (Å²) in [6.07, 6.45) is 1.38. The molecule has 5 heterocycles. The molecule has 12 aromatic rings. The SMILES string of the molecule is Clc1ccccc1-c1nc2c(Cl)cccc2nc1CBr.Clc1ccccc1-c1nc2cccc(Cl)c2nc1CBr.NCc1nc2c(Cl)cccc2nc1-c1ccccc1Cl.NCc1nc2cccc(Cl)c2nc1-c1ccccc1Cl.OC1CCCO1. The highest BCUT2D eigenvalue weighted by atomic mass is 79.9. The highest BCUT2D eigenvalue weighted by Crippen LogP contribution is 2.36. The van der Waals surface area contributed by atoms with Gasteiger partial charge in [-0.05, 0) is 79.2 Å². The number of aromatic nitrogens is 8. The molecule has 0 saturated carbocycles. The van der Waals surface area contributed by atoms with Crippen molar-refractivity contribution in [2.45, 2.75) is 42.9 Å². The van der Waals surface area contributed by atoms with Crippen LogP contribution in [-0.4, -0.2) is 57.9 Å². The van der Waals surface area contributed by atoms with Crippen molar-refractivity contribution in [3.05, 3.63) is 233 Å². The molecule has 1 saturated heterocycles. The van der Waals surface area contributed by atoms with E-state index >= 15 is 0 Å². The summed E-state index contributed by atoms with van der Waals surface area (Å²) in [6, 6.07) is 52.3. The Hall–Kier alpha value is -5.76. The third kappa shape index (κ3) is 15.6. The molecule has 436 valence electrons. The molecule has 8 aromatic carbocycles. The Bertz CT molecular complexity index is 4110. The van der Waals surface area contributed by atoms with Gasteiger partial charge in [-0.3, -0.25) is 0 Å². The molecule has 13 rings (SSSR count). The van der Waals surface area contributed by atoms with Gasteiger partial charge in [0.1, 0.15) is 22.1 Å². The number of ether oxygens (including phenoxy) is 1. The van der Waals surface area contributed by atoms with E-state index in [0.29, 0.717) is 95.7 Å². The zero-order valence-corrected chi connectivity index (χ0v) is 54.3. The molecule has 0 bridgehead atoms. The summed E-state index contributed by atoms with van der Waals surface area (Å²) in [5.41, 5.74) is 26.6. The van der Waals surface area contributed by atoms with Crippen LogP contribution in [0.25, 0.3) is 89.2 Å². The van der Waals surface area contributed by atoms with Gasteiger partial charge in [-0.2, -0.15) is 0 Å². The van der Waals surface area contributed by atoms with Crippen molar-refractivity contribution in [2.24, 2.45) is 11.5 Å². The molecule has 0 spiro atoms. The average Bonchev–Trinajstić information content (AvgIpc) is 3.95. The van der Waals surface area contributed by atoms with E-state index in [1.54, 1.807) is 12.1 Å². The average molecular weight is 1430 g/mol. The molecule has 1 aliphatic rings. The molecule has 4 aromatic heterocycles. The number of alkyl halides is 2. The molecule has 86 heavy (non-hydrogen) atoms. The number of fused-ring (bicyclic) bond motifs is 4. The first kappa shape index (κ1) is 64.7. The Morgan fingerprint density at radius 1 is 0.360 bits per heavy atom. The van der Waals surface area contributed by atoms with E-state index in [4.69, 9.17) is 114 Å². The van der Waals surface area contributed by atoms with E-state index < -0.39 is 6.29 Å². The topological polar surface area (TPSA) is 185 Å². The van der Waals surface area contributed by atoms with Crippen molar-refractivity contribution in [3.8, 4) is 45.0 Å². The molecule has 0 aliphatic carbocycles. The van der Waals surface area contributed by atoms with Crippen LogP contribution in [0.2, 0.25) is 40.2 Å². The number of nitrogens with zero attached hydrogens (tertiary/aromatic N) is 8. The van der Waals surface area contributed by atoms with Gasteiger partial charge in [0.15, 0.2) is 6.29 Å². The number of rotatable bonds is 8. The van der Waals surface area contributed by atoms with Crippen molar-refractivity contribution in [3.63, 3.8) is 0 Å². The molecule has 1 unspecified atom stereocenters. The van der Waals surface area contributed by atoms with Crippen LogP contribution >= 0.6 is 125 Å². The van der Waals surface area contributed by atoms with E-state index in [-0.39, 0.29) is 13.1 Å². The summed E-state index contributed by atoms with van der Waals surface area (Å²) in [5.74, 6) is 0. The number of hydrogen-bond acceptors (Lipinski definition) is 12. The van der Waals surface area contributed by atoms with Gasteiger partial charge in [0.25, 0.3) is 0 Å². The zero-order chi connectivity index (χ0) is 60.9. The fourth-order valence-electron chi connectivity index (χ4n) is 8.82. The third-order valence-corrected chi connectivity index (χ3v) is 16.5. The van der Waals surface area contributed by atoms with E-state index in [1.165, 1.54) is 0 Å². The molecule has 0 amide bonds. The van der Waals surface area contributed by atoms with Crippen LogP contribution in [0.3, 0.4) is 0 Å². The summed E-state index contributed by atoms with van der Waals surface area (Å²) >= 11 is 56.6. The lowest BCUT2D eigenvalue weighted by Crippen LogP contribution is -2.05. The minimum atomic E-state index is -0.454. The first-order chi connectivity index (χ1) is 41.7. The summed E-state index contributed by atoms with van der Waals surface area (Å²) in [6.45, 7) is 1.30. The largest absolute Gasteiger partial charge is 0.368 e. The van der Waals surface area contributed by atoms with E-state index in [1.807, 2.05) is 158 Å². The molecular formula is C64H48Br2Cl8N10O2. The van der Waals surface area contributed by atoms with Gasteiger partial charge in [0.2, 0.25) is 0 Å². The molecule has 5 N–H and O–H groups in total. The standard InChI is InChI=1S/2C15H9BrCl2N2.2C15H11Cl2N3.C4H8O2/c16-8-13-14(9-4-1-2-5-10(9)17)19-12-7-3-6-11(18)15(12)20-13;16-8-13-14(9-4-1-2-5-10(9)17)20-15-11(18)6-3-7-12(15)19-13;16-10-5-2-1-4-9(10)14-13(8-18)20-15-11(17)6-3-7-12(15)19-14;16-10-5-2-1-4-9(10)14-13(8-18)19-12-7-3-6-11(17)15(12)20-14;5-4-2-1-3-6-4/h2*1-7H,8H2;2*1-7H,8,18H2;4-5H,1-3H2. The van der Waals surface area contributed by atoms with Crippen molar-refractivity contribution in [1.29, 1.82) is 0 Å². The van der Waals surface area contributed by atoms with Crippen LogP contribution in [0.1, 0.15) is 35.6 Å². The van der Waals surface area contributed by atoms with Crippen LogP contribution in [0, 0.1) is 0 Å². The van der Waals surface area contributed by atoms with Crippen molar-refractivity contribution >= 4 is 169 Å². The highest BCUT2D eigenvalue weighted by molar-refractivity contribution is 9.08. The normalized spacial score (nSPS) is 12.6. The highest BCUT2D eigenvalue weighted by Gasteiger charge is 2.18. The molecule has 1 aliphatic heterocycles. The van der Waals surface area contributed by atoms with Gasteiger partial charge >= 0.3 is 0 Å². The fourth-order valence-corrected chi connectivity index (χ4v) is 11.4. The number of aliphatic hydroxyl groups is 1. The lowest BCUT2D eigenvalue weighted by atomic mass is 10.1. The third-order valence-electron chi connectivity index (χ3n) is 12.9. The van der Waals surface area contributed by atoms with Crippen molar-refractivity contribution < 1.29 is 9.84 Å². The number of aliphatic hydroxyl groups excluding tert-OH is 1. The molecule has 1 atom stereocenters. The Kier molecular flexibility index (Phi) is 23.3. The van der Waals surface area contributed by atoms with Gasteiger partial charge < -0.3 is 21.3 Å². The lowest BCUT2D eigenvalue weighted by molar-refractivity contribution is -0.0589. The Labute approximate surface area is 552 Å². The maximum atomic E-state index is 8.51. The molecule has 12 nitrogen and oxygen atoms in total. The van der Waals surface area contributed by atoms with Gasteiger partial charge in [0.05, 0.1) is 108 Å². The predicted molar refractivity (Wildman–Crippen MR) is 362 cm³/mol. The molecule has 0 radical (unpaired) electrons. The lowest BCUT2D eigenvalue weighted by Gasteiger charge is -2.10. The van der Waals surface area contributed by atoms with Crippen LogP contribution in [0.15, 0.2) is 170 Å². The van der Waals surface area contributed by atoms with E-state index in [0.717, 1.165) is 86.5 Å². The smallest absolute Gasteiger partial charge is 0.154 e. The van der Waals surface area contributed by atoms with Crippen LogP contribution in [0.5, 0.6) is 0 Å². The minimum absolute atomic E-state index is 0.273. The van der Waals surface area contributed by atoms with Crippen molar-refractivity contribution in [2.75, 3.05) is 6.61 Å². The zero-order valence-electron chi connectivity index (χ0n) is 45.1. The van der Waals surface area contributed by atoms with E-state index in [2.05, 4.69) is 71.7 Å².